The first-order chi connectivity index (χ1) is 14.5. The Bertz CT molecular complexity index is 1030. The average molecular weight is 451 g/mol. The van der Waals surface area contributed by atoms with Crippen molar-refractivity contribution in [3.63, 3.8) is 0 Å². The van der Waals surface area contributed by atoms with Gasteiger partial charge in [0.1, 0.15) is 10.0 Å². The van der Waals surface area contributed by atoms with Gasteiger partial charge in [-0.15, -0.1) is 11.3 Å². The number of ether oxygens (including phenoxy) is 4. The standard InChI is InChI=1S/C19H19ClN4O5S/c1-26-13-7-10(8-14(27-2)15(13)28-3)22-19-21-9-12(20)16(24-19)23-17-11(5-6-30-17)18(25)29-4/h5-9H,1-4H3,(H2,21,22,23,24). The van der Waals surface area contributed by atoms with Crippen LogP contribution in [0.4, 0.5) is 22.5 Å². The lowest BCUT2D eigenvalue weighted by molar-refractivity contribution is 0.0602. The van der Waals surface area contributed by atoms with Crippen molar-refractivity contribution in [2.45, 2.75) is 0 Å². The SMILES string of the molecule is COC(=O)c1ccsc1Nc1nc(Nc2cc(OC)c(OC)c(OC)c2)ncc1Cl. The molecule has 0 unspecified atom stereocenters. The van der Waals surface area contributed by atoms with E-state index in [1.807, 2.05) is 0 Å². The van der Waals surface area contributed by atoms with E-state index in [9.17, 15) is 4.79 Å². The minimum atomic E-state index is -0.459. The lowest BCUT2D eigenvalue weighted by Crippen LogP contribution is -2.05. The largest absolute Gasteiger partial charge is 0.493 e. The second kappa shape index (κ2) is 9.51. The first-order valence-electron chi connectivity index (χ1n) is 8.53. The van der Waals surface area contributed by atoms with Crippen LogP contribution in [0.3, 0.4) is 0 Å². The van der Waals surface area contributed by atoms with Crippen LogP contribution in [0.5, 0.6) is 17.2 Å². The molecule has 0 aliphatic carbocycles. The van der Waals surface area contributed by atoms with Crippen molar-refractivity contribution in [2.75, 3.05) is 39.1 Å². The van der Waals surface area contributed by atoms with Gasteiger partial charge in [0, 0.05) is 17.8 Å². The highest BCUT2D eigenvalue weighted by Gasteiger charge is 2.17. The van der Waals surface area contributed by atoms with Crippen LogP contribution < -0.4 is 24.8 Å². The zero-order valence-electron chi connectivity index (χ0n) is 16.6. The topological polar surface area (TPSA) is 104 Å². The zero-order valence-corrected chi connectivity index (χ0v) is 18.2. The van der Waals surface area contributed by atoms with Crippen molar-refractivity contribution < 1.29 is 23.7 Å². The number of thiophene rings is 1. The van der Waals surface area contributed by atoms with Gasteiger partial charge in [0.2, 0.25) is 11.7 Å². The van der Waals surface area contributed by atoms with Crippen LogP contribution in [0.15, 0.2) is 29.8 Å². The molecule has 11 heteroatoms. The van der Waals surface area contributed by atoms with Gasteiger partial charge in [0.05, 0.1) is 40.2 Å². The quantitative estimate of drug-likeness (QED) is 0.480. The van der Waals surface area contributed by atoms with Crippen molar-refractivity contribution in [3.05, 3.63) is 40.4 Å². The van der Waals surface area contributed by atoms with Crippen LogP contribution in [0.1, 0.15) is 10.4 Å². The minimum Gasteiger partial charge on any atom is -0.493 e. The summed E-state index contributed by atoms with van der Waals surface area (Å²) in [7, 11) is 5.91. The normalized spacial score (nSPS) is 10.3. The van der Waals surface area contributed by atoms with Crippen molar-refractivity contribution in [2.24, 2.45) is 0 Å². The Labute approximate surface area is 181 Å². The molecule has 0 radical (unpaired) electrons. The van der Waals surface area contributed by atoms with Gasteiger partial charge in [-0.2, -0.15) is 4.98 Å². The van der Waals surface area contributed by atoms with Gasteiger partial charge in [-0.1, -0.05) is 11.6 Å². The molecule has 0 saturated carbocycles. The second-order valence-corrected chi connectivity index (χ2v) is 7.03. The van der Waals surface area contributed by atoms with Crippen LogP contribution >= 0.6 is 22.9 Å². The van der Waals surface area contributed by atoms with E-state index in [2.05, 4.69) is 20.6 Å². The van der Waals surface area contributed by atoms with Gasteiger partial charge in [0.25, 0.3) is 0 Å². The predicted molar refractivity (Wildman–Crippen MR) is 115 cm³/mol. The van der Waals surface area contributed by atoms with E-state index in [0.29, 0.717) is 39.3 Å². The van der Waals surface area contributed by atoms with Gasteiger partial charge >= 0.3 is 5.97 Å². The highest BCUT2D eigenvalue weighted by atomic mass is 35.5. The Morgan fingerprint density at radius 1 is 1.07 bits per heavy atom. The van der Waals surface area contributed by atoms with Crippen molar-refractivity contribution >= 4 is 51.4 Å². The maximum Gasteiger partial charge on any atom is 0.340 e. The molecule has 3 aromatic rings. The molecule has 0 atom stereocenters. The number of hydrogen-bond donors (Lipinski definition) is 2. The predicted octanol–water partition coefficient (Wildman–Crippen LogP) is 4.49. The summed E-state index contributed by atoms with van der Waals surface area (Å²) in [6.45, 7) is 0. The number of hydrogen-bond acceptors (Lipinski definition) is 10. The molecule has 0 fully saturated rings. The third-order valence-corrected chi connectivity index (χ3v) is 5.07. The molecule has 0 amide bonds. The summed E-state index contributed by atoms with van der Waals surface area (Å²) < 4.78 is 20.8. The Morgan fingerprint density at radius 3 is 2.37 bits per heavy atom. The summed E-state index contributed by atoms with van der Waals surface area (Å²) >= 11 is 7.56. The molecule has 3 rings (SSSR count). The fourth-order valence-corrected chi connectivity index (χ4v) is 3.49. The highest BCUT2D eigenvalue weighted by molar-refractivity contribution is 7.14. The Hall–Kier alpha value is -3.24. The number of carbonyl (C=O) groups excluding carboxylic acids is 1. The van der Waals surface area contributed by atoms with Crippen LogP contribution in [0.25, 0.3) is 0 Å². The van der Waals surface area contributed by atoms with Crippen molar-refractivity contribution in [3.8, 4) is 17.2 Å². The smallest absolute Gasteiger partial charge is 0.340 e. The number of anilines is 4. The molecule has 1 aromatic carbocycles. The van der Waals surface area contributed by atoms with Crippen LogP contribution in [0, 0.1) is 0 Å². The van der Waals surface area contributed by atoms with Crippen molar-refractivity contribution in [1.29, 1.82) is 0 Å². The third kappa shape index (κ3) is 4.50. The molecule has 2 N–H and O–H groups in total. The van der Waals surface area contributed by atoms with Gasteiger partial charge < -0.3 is 29.6 Å². The summed E-state index contributed by atoms with van der Waals surface area (Å²) in [4.78, 5) is 20.5. The fourth-order valence-electron chi connectivity index (χ4n) is 2.58. The molecule has 158 valence electrons. The summed E-state index contributed by atoms with van der Waals surface area (Å²) in [5, 5.41) is 8.73. The molecular weight excluding hydrogens is 432 g/mol. The molecule has 2 heterocycles. The van der Waals surface area contributed by atoms with E-state index in [4.69, 9.17) is 30.5 Å². The van der Waals surface area contributed by atoms with Crippen LogP contribution in [-0.4, -0.2) is 44.4 Å². The van der Waals surface area contributed by atoms with Crippen LogP contribution in [0.2, 0.25) is 5.02 Å². The number of rotatable bonds is 8. The molecule has 30 heavy (non-hydrogen) atoms. The summed E-state index contributed by atoms with van der Waals surface area (Å²) in [6, 6.07) is 5.10. The fraction of sp³-hybridized carbons (Fsp3) is 0.211. The molecule has 0 aliphatic rings. The van der Waals surface area contributed by atoms with E-state index in [0.717, 1.165) is 0 Å². The summed E-state index contributed by atoms with van der Waals surface area (Å²) in [6.07, 6.45) is 1.45. The van der Waals surface area contributed by atoms with E-state index in [1.165, 1.54) is 46.0 Å². The Balaban J connectivity index is 1.89. The molecule has 0 bridgehead atoms. The summed E-state index contributed by atoms with van der Waals surface area (Å²) in [5.74, 6) is 1.57. The van der Waals surface area contributed by atoms with E-state index >= 15 is 0 Å². The summed E-state index contributed by atoms with van der Waals surface area (Å²) in [5.41, 5.74) is 1.00. The Kier molecular flexibility index (Phi) is 6.80. The maximum absolute atomic E-state index is 11.9. The number of methoxy groups -OCH3 is 4. The number of carbonyl (C=O) groups is 1. The number of halogens is 1. The maximum atomic E-state index is 11.9. The Morgan fingerprint density at radius 2 is 1.77 bits per heavy atom. The molecule has 0 saturated heterocycles. The lowest BCUT2D eigenvalue weighted by atomic mass is 10.2. The number of aromatic nitrogens is 2. The van der Waals surface area contributed by atoms with Gasteiger partial charge in [-0.3, -0.25) is 0 Å². The average Bonchev–Trinajstić information content (AvgIpc) is 3.22. The van der Waals surface area contributed by atoms with E-state index < -0.39 is 5.97 Å². The van der Waals surface area contributed by atoms with Gasteiger partial charge in [0.15, 0.2) is 17.3 Å². The first-order valence-corrected chi connectivity index (χ1v) is 9.78. The van der Waals surface area contributed by atoms with Gasteiger partial charge in [-0.05, 0) is 11.4 Å². The number of esters is 1. The molecule has 0 aliphatic heterocycles. The molecule has 0 spiro atoms. The molecule has 2 aromatic heterocycles. The van der Waals surface area contributed by atoms with E-state index in [-0.39, 0.29) is 11.0 Å². The van der Waals surface area contributed by atoms with E-state index in [1.54, 1.807) is 23.6 Å². The first kappa shape index (κ1) is 21.5. The molecular formula is C19H19ClN4O5S. The lowest BCUT2D eigenvalue weighted by Gasteiger charge is -2.15. The van der Waals surface area contributed by atoms with Crippen LogP contribution in [-0.2, 0) is 4.74 Å². The van der Waals surface area contributed by atoms with Crippen molar-refractivity contribution in [1.82, 2.24) is 9.97 Å². The second-order valence-electron chi connectivity index (χ2n) is 5.71. The zero-order chi connectivity index (χ0) is 21.7. The third-order valence-electron chi connectivity index (χ3n) is 3.97. The molecule has 9 nitrogen and oxygen atoms in total. The number of nitrogens with zero attached hydrogens (tertiary/aromatic N) is 2. The monoisotopic (exact) mass is 450 g/mol. The highest BCUT2D eigenvalue weighted by Crippen LogP contribution is 2.40. The number of benzene rings is 1. The number of nitrogens with one attached hydrogen (secondary N) is 2. The minimum absolute atomic E-state index is 0.271. The van der Waals surface area contributed by atoms with Gasteiger partial charge in [-0.25, -0.2) is 9.78 Å².